The highest BCUT2D eigenvalue weighted by Gasteiger charge is 2.21. The van der Waals surface area contributed by atoms with Crippen LogP contribution in [-0.2, 0) is 6.42 Å². The topological polar surface area (TPSA) is 33.0 Å². The Morgan fingerprint density at radius 3 is 2.84 bits per heavy atom. The summed E-state index contributed by atoms with van der Waals surface area (Å²) in [6.07, 6.45) is 3.14. The average molecular weight is 267 g/mol. The molecule has 0 saturated carbocycles. The van der Waals surface area contributed by atoms with Crippen molar-refractivity contribution in [2.75, 3.05) is 7.11 Å². The summed E-state index contributed by atoms with van der Waals surface area (Å²) in [7, 11) is 1.69. The van der Waals surface area contributed by atoms with Crippen LogP contribution in [0.5, 0.6) is 5.75 Å². The van der Waals surface area contributed by atoms with Crippen LogP contribution in [0.25, 0.3) is 5.57 Å². The van der Waals surface area contributed by atoms with Crippen LogP contribution in [0.1, 0.15) is 27.8 Å². The molecule has 3 rings (SSSR count). The van der Waals surface area contributed by atoms with E-state index in [1.807, 2.05) is 10.8 Å². The highest BCUT2D eigenvalue weighted by molar-refractivity contribution is 7.08. The lowest BCUT2D eigenvalue weighted by Gasteiger charge is -2.10. The summed E-state index contributed by atoms with van der Waals surface area (Å²) in [6, 6.07) is 6.40. The van der Waals surface area contributed by atoms with Gasteiger partial charge in [0.25, 0.3) is 0 Å². The molecule has 2 aromatic rings. The number of allylic oxidation sites excluding steroid dienone is 1. The summed E-state index contributed by atoms with van der Waals surface area (Å²) < 4.78 is 5.35. The number of thiophene rings is 1. The van der Waals surface area contributed by atoms with Crippen molar-refractivity contribution in [2.45, 2.75) is 13.3 Å². The van der Waals surface area contributed by atoms with Crippen LogP contribution in [0.2, 0.25) is 0 Å². The van der Waals surface area contributed by atoms with Crippen LogP contribution >= 0.6 is 11.3 Å². The molecular formula is C16H13NOS. The number of nitriles is 1. The Labute approximate surface area is 116 Å². The molecule has 0 unspecified atom stereocenters. The maximum Gasteiger partial charge on any atom is 0.119 e. The molecule has 0 bridgehead atoms. The van der Waals surface area contributed by atoms with Crippen LogP contribution in [-0.4, -0.2) is 7.11 Å². The third-order valence-electron chi connectivity index (χ3n) is 3.56. The Morgan fingerprint density at radius 1 is 1.26 bits per heavy atom. The third-order valence-corrected chi connectivity index (χ3v) is 4.30. The minimum Gasteiger partial charge on any atom is -0.497 e. The molecule has 1 heterocycles. The van der Waals surface area contributed by atoms with Gasteiger partial charge in [-0.1, -0.05) is 6.08 Å². The van der Waals surface area contributed by atoms with Gasteiger partial charge in [-0.15, -0.1) is 0 Å². The minimum absolute atomic E-state index is 0.754. The van der Waals surface area contributed by atoms with Crippen molar-refractivity contribution in [1.29, 1.82) is 5.26 Å². The van der Waals surface area contributed by atoms with Crippen LogP contribution in [0.4, 0.5) is 0 Å². The van der Waals surface area contributed by atoms with Crippen molar-refractivity contribution in [2.24, 2.45) is 0 Å². The Kier molecular flexibility index (Phi) is 2.88. The van der Waals surface area contributed by atoms with Gasteiger partial charge < -0.3 is 4.74 Å². The Morgan fingerprint density at radius 2 is 2.11 bits per heavy atom. The Hall–Kier alpha value is -2.05. The fraction of sp³-hybridized carbons (Fsp3) is 0.188. The predicted molar refractivity (Wildman–Crippen MR) is 77.5 cm³/mol. The zero-order valence-electron chi connectivity index (χ0n) is 10.9. The molecule has 1 aromatic carbocycles. The molecule has 1 aliphatic rings. The largest absolute Gasteiger partial charge is 0.497 e. The number of fused-ring (bicyclic) bond motifs is 1. The molecule has 94 valence electrons. The van der Waals surface area contributed by atoms with E-state index in [2.05, 4.69) is 31.2 Å². The molecule has 2 nitrogen and oxygen atoms in total. The predicted octanol–water partition coefficient (Wildman–Crippen LogP) is 3.92. The highest BCUT2D eigenvalue weighted by Crippen LogP contribution is 2.39. The van der Waals surface area contributed by atoms with Crippen LogP contribution in [0.15, 0.2) is 29.0 Å². The summed E-state index contributed by atoms with van der Waals surface area (Å²) in [5.41, 5.74) is 6.74. The molecule has 0 fully saturated rings. The monoisotopic (exact) mass is 267 g/mol. The quantitative estimate of drug-likeness (QED) is 0.826. The molecule has 0 aliphatic heterocycles. The highest BCUT2D eigenvalue weighted by atomic mass is 32.1. The standard InChI is InChI=1S/C16H13NOS/c1-10-5-12(18-2)6-15-13(10)3-4-14(15)16-9-19-8-11(16)7-17/h4-6,8-9H,3H2,1-2H3. The lowest BCUT2D eigenvalue weighted by Crippen LogP contribution is -1.93. The molecule has 0 atom stereocenters. The number of nitrogens with zero attached hydrogens (tertiary/aromatic N) is 1. The molecule has 0 N–H and O–H groups in total. The summed E-state index contributed by atoms with van der Waals surface area (Å²) in [4.78, 5) is 0. The van der Waals surface area contributed by atoms with E-state index in [-0.39, 0.29) is 0 Å². The summed E-state index contributed by atoms with van der Waals surface area (Å²) in [5, 5.41) is 13.1. The summed E-state index contributed by atoms with van der Waals surface area (Å²) >= 11 is 1.57. The van der Waals surface area contributed by atoms with E-state index in [0.717, 1.165) is 28.9 Å². The molecule has 3 heteroatoms. The average Bonchev–Trinajstić information content (AvgIpc) is 3.03. The number of ether oxygens (including phenoxy) is 1. The van der Waals surface area contributed by atoms with Crippen molar-refractivity contribution in [1.82, 2.24) is 0 Å². The lowest BCUT2D eigenvalue weighted by atomic mass is 9.96. The Bertz CT molecular complexity index is 719. The minimum atomic E-state index is 0.754. The van der Waals surface area contributed by atoms with Crippen LogP contribution < -0.4 is 4.74 Å². The first-order valence-corrected chi connectivity index (χ1v) is 7.03. The van der Waals surface area contributed by atoms with Gasteiger partial charge in [0, 0.05) is 10.9 Å². The number of methoxy groups -OCH3 is 1. The molecule has 0 radical (unpaired) electrons. The molecule has 0 saturated heterocycles. The SMILES string of the molecule is COc1cc(C)c2c(c1)C(c1cscc1C#N)=CC2. The van der Waals surface area contributed by atoms with Gasteiger partial charge in [0.05, 0.1) is 12.7 Å². The van der Waals surface area contributed by atoms with E-state index < -0.39 is 0 Å². The van der Waals surface area contributed by atoms with E-state index >= 15 is 0 Å². The van der Waals surface area contributed by atoms with Crippen molar-refractivity contribution < 1.29 is 4.74 Å². The molecule has 19 heavy (non-hydrogen) atoms. The van der Waals surface area contributed by atoms with Gasteiger partial charge in [-0.3, -0.25) is 0 Å². The van der Waals surface area contributed by atoms with Gasteiger partial charge in [-0.2, -0.15) is 16.6 Å². The third kappa shape index (κ3) is 1.85. The van der Waals surface area contributed by atoms with Gasteiger partial charge in [-0.25, -0.2) is 0 Å². The second-order valence-electron chi connectivity index (χ2n) is 4.60. The van der Waals surface area contributed by atoms with E-state index in [0.29, 0.717) is 0 Å². The van der Waals surface area contributed by atoms with E-state index in [4.69, 9.17) is 4.74 Å². The van der Waals surface area contributed by atoms with Gasteiger partial charge in [0.2, 0.25) is 0 Å². The fourth-order valence-electron chi connectivity index (χ4n) is 2.57. The fourth-order valence-corrected chi connectivity index (χ4v) is 3.35. The molecular weight excluding hydrogens is 254 g/mol. The molecule has 0 spiro atoms. The molecule has 1 aliphatic carbocycles. The first-order valence-electron chi connectivity index (χ1n) is 6.09. The maximum atomic E-state index is 9.18. The summed E-state index contributed by atoms with van der Waals surface area (Å²) in [5.74, 6) is 0.873. The van der Waals surface area contributed by atoms with Crippen LogP contribution in [0.3, 0.4) is 0 Å². The Balaban J connectivity index is 2.16. The normalized spacial score (nSPS) is 12.8. The first-order chi connectivity index (χ1) is 9.24. The van der Waals surface area contributed by atoms with Crippen molar-refractivity contribution in [3.8, 4) is 11.8 Å². The number of rotatable bonds is 2. The number of hydrogen-bond donors (Lipinski definition) is 0. The second kappa shape index (κ2) is 4.56. The molecule has 1 aromatic heterocycles. The smallest absolute Gasteiger partial charge is 0.119 e. The van der Waals surface area contributed by atoms with Crippen molar-refractivity contribution in [3.63, 3.8) is 0 Å². The number of hydrogen-bond acceptors (Lipinski definition) is 3. The van der Waals surface area contributed by atoms with Crippen molar-refractivity contribution >= 4 is 16.9 Å². The summed E-state index contributed by atoms with van der Waals surface area (Å²) in [6.45, 7) is 2.11. The maximum absolute atomic E-state index is 9.18. The van der Waals surface area contributed by atoms with Gasteiger partial charge in [0.15, 0.2) is 0 Å². The molecule has 0 amide bonds. The zero-order valence-corrected chi connectivity index (χ0v) is 11.7. The van der Waals surface area contributed by atoms with Gasteiger partial charge in [-0.05, 0) is 53.1 Å². The van der Waals surface area contributed by atoms with E-state index in [1.165, 1.54) is 16.7 Å². The van der Waals surface area contributed by atoms with E-state index in [1.54, 1.807) is 18.4 Å². The zero-order chi connectivity index (χ0) is 13.4. The lowest BCUT2D eigenvalue weighted by molar-refractivity contribution is 0.414. The van der Waals surface area contributed by atoms with Crippen molar-refractivity contribution in [3.05, 3.63) is 56.8 Å². The number of benzene rings is 1. The van der Waals surface area contributed by atoms with E-state index in [9.17, 15) is 5.26 Å². The van der Waals surface area contributed by atoms with Gasteiger partial charge >= 0.3 is 0 Å². The first kappa shape index (κ1) is 12.0. The van der Waals surface area contributed by atoms with Crippen LogP contribution in [0, 0.1) is 18.3 Å². The number of aryl methyl sites for hydroxylation is 1. The van der Waals surface area contributed by atoms with Gasteiger partial charge in [0.1, 0.15) is 11.8 Å². The second-order valence-corrected chi connectivity index (χ2v) is 5.35.